The highest BCUT2D eigenvalue weighted by atomic mass is 16.3. The Bertz CT molecular complexity index is 2280. The van der Waals surface area contributed by atoms with Gasteiger partial charge in [0.05, 0.1) is 28.4 Å². The fourth-order valence-electron chi connectivity index (χ4n) is 6.22. The molecule has 2 heterocycles. The summed E-state index contributed by atoms with van der Waals surface area (Å²) >= 11 is 0. The monoisotopic (exact) mass is 539 g/mol. The minimum atomic E-state index is 0.608. The summed E-state index contributed by atoms with van der Waals surface area (Å²) in [4.78, 5) is 2.24. The maximum Gasteiger partial charge on any atom is 0.159 e. The summed E-state index contributed by atoms with van der Waals surface area (Å²) in [6.07, 6.45) is 0. The number of para-hydroxylation sites is 3. The van der Waals surface area contributed by atoms with E-state index in [1.807, 2.05) is 24.3 Å². The average molecular weight is 540 g/mol. The van der Waals surface area contributed by atoms with Gasteiger partial charge in [0.15, 0.2) is 5.58 Å². The largest absolute Gasteiger partial charge is 0.454 e. The van der Waals surface area contributed by atoms with Crippen LogP contribution >= 0.6 is 0 Å². The molecular weight excluding hydrogens is 514 g/mol. The zero-order chi connectivity index (χ0) is 28.2. The van der Waals surface area contributed by atoms with Gasteiger partial charge in [0.1, 0.15) is 5.58 Å². The second-order valence-electron chi connectivity index (χ2n) is 10.6. The second-order valence-corrected chi connectivity index (χ2v) is 10.6. The van der Waals surface area contributed by atoms with E-state index >= 15 is 0 Å². The number of hydrogen-bond donors (Lipinski definition) is 0. The molecule has 0 aliphatic heterocycles. The van der Waals surface area contributed by atoms with Crippen molar-refractivity contribution >= 4 is 55.1 Å². The summed E-state index contributed by atoms with van der Waals surface area (Å²) in [5.41, 5.74) is 9.78. The van der Waals surface area contributed by atoms with E-state index in [1.165, 1.54) is 10.8 Å². The molecule has 0 N–H and O–H groups in total. The van der Waals surface area contributed by atoms with Crippen molar-refractivity contribution in [2.45, 2.75) is 0 Å². The third-order valence-corrected chi connectivity index (χ3v) is 8.22. The SMILES string of the molecule is CN(c1cc(-n2c3ccccc3c3ccccc32)c2oc3ccc(C#N)cc3c2c1)c1ccccc1-c1ccccc1. The smallest absolute Gasteiger partial charge is 0.159 e. The quantitative estimate of drug-likeness (QED) is 0.224. The van der Waals surface area contributed by atoms with Crippen LogP contribution in [0.5, 0.6) is 0 Å². The molecule has 6 aromatic carbocycles. The van der Waals surface area contributed by atoms with Crippen molar-refractivity contribution in [2.75, 3.05) is 11.9 Å². The molecule has 0 saturated heterocycles. The third-order valence-electron chi connectivity index (χ3n) is 8.22. The van der Waals surface area contributed by atoms with Crippen molar-refractivity contribution in [3.8, 4) is 22.9 Å². The number of benzene rings is 6. The number of furan rings is 1. The lowest BCUT2D eigenvalue weighted by molar-refractivity contribution is 0.666. The molecule has 4 nitrogen and oxygen atoms in total. The molecular formula is C38H25N3O. The molecule has 0 aliphatic carbocycles. The Morgan fingerprint density at radius 1 is 0.643 bits per heavy atom. The summed E-state index contributed by atoms with van der Waals surface area (Å²) in [6, 6.07) is 48.3. The standard InChI is InChI=1S/C38H25N3O/c1-40(33-16-8-5-13-28(33)26-11-3-2-4-12-26)27-22-32-31-21-25(24-39)19-20-37(31)42-38(32)36(23-27)41-34-17-9-6-14-29(34)30-15-7-10-18-35(30)41/h2-23H,1H3. The summed E-state index contributed by atoms with van der Waals surface area (Å²) in [5, 5.41) is 14.0. The lowest BCUT2D eigenvalue weighted by Crippen LogP contribution is -2.11. The number of aromatic nitrogens is 1. The van der Waals surface area contributed by atoms with Gasteiger partial charge in [0.25, 0.3) is 0 Å². The molecule has 42 heavy (non-hydrogen) atoms. The van der Waals surface area contributed by atoms with Crippen LogP contribution in [0, 0.1) is 11.3 Å². The zero-order valence-corrected chi connectivity index (χ0v) is 23.0. The van der Waals surface area contributed by atoms with E-state index in [9.17, 15) is 5.26 Å². The van der Waals surface area contributed by atoms with Crippen LogP contribution in [-0.2, 0) is 0 Å². The number of rotatable bonds is 4. The summed E-state index contributed by atoms with van der Waals surface area (Å²) in [5.74, 6) is 0. The van der Waals surface area contributed by atoms with Crippen LogP contribution in [-0.4, -0.2) is 11.6 Å². The van der Waals surface area contributed by atoms with Crippen LogP contribution in [0.25, 0.3) is 60.6 Å². The molecule has 0 saturated carbocycles. The Kier molecular flexibility index (Phi) is 5.38. The average Bonchev–Trinajstić information content (AvgIpc) is 3.60. The van der Waals surface area contributed by atoms with Gasteiger partial charge >= 0.3 is 0 Å². The first-order valence-electron chi connectivity index (χ1n) is 14.0. The fourth-order valence-corrected chi connectivity index (χ4v) is 6.22. The molecule has 0 atom stereocenters. The highest BCUT2D eigenvalue weighted by Gasteiger charge is 2.21. The number of fused-ring (bicyclic) bond motifs is 6. The van der Waals surface area contributed by atoms with Crippen LogP contribution in [0.4, 0.5) is 11.4 Å². The predicted molar refractivity (Wildman–Crippen MR) is 173 cm³/mol. The normalized spacial score (nSPS) is 11.4. The van der Waals surface area contributed by atoms with E-state index < -0.39 is 0 Å². The minimum absolute atomic E-state index is 0.608. The number of anilines is 2. The summed E-state index contributed by atoms with van der Waals surface area (Å²) < 4.78 is 8.90. The van der Waals surface area contributed by atoms with Gasteiger partial charge in [0.2, 0.25) is 0 Å². The van der Waals surface area contributed by atoms with E-state index in [1.54, 1.807) is 0 Å². The van der Waals surface area contributed by atoms with Crippen LogP contribution in [0.15, 0.2) is 138 Å². The van der Waals surface area contributed by atoms with E-state index in [2.05, 4.69) is 132 Å². The highest BCUT2D eigenvalue weighted by Crippen LogP contribution is 2.42. The Labute approximate surface area is 242 Å². The predicted octanol–water partition coefficient (Wildman–Crippen LogP) is 9.99. The van der Waals surface area contributed by atoms with Crippen LogP contribution in [0.1, 0.15) is 5.56 Å². The summed E-state index contributed by atoms with van der Waals surface area (Å²) in [6.45, 7) is 0. The zero-order valence-electron chi connectivity index (χ0n) is 23.0. The number of nitriles is 1. The molecule has 4 heteroatoms. The fraction of sp³-hybridized carbons (Fsp3) is 0.0263. The van der Waals surface area contributed by atoms with Crippen molar-refractivity contribution in [1.29, 1.82) is 5.26 Å². The van der Waals surface area contributed by atoms with Gasteiger partial charge in [0, 0.05) is 45.5 Å². The number of nitrogens with zero attached hydrogens (tertiary/aromatic N) is 3. The first kappa shape index (κ1) is 24.0. The van der Waals surface area contributed by atoms with Gasteiger partial charge < -0.3 is 13.9 Å². The molecule has 8 rings (SSSR count). The molecule has 0 radical (unpaired) electrons. The molecule has 198 valence electrons. The lowest BCUT2D eigenvalue weighted by atomic mass is 10.0. The van der Waals surface area contributed by atoms with Crippen molar-refractivity contribution in [3.05, 3.63) is 139 Å². The lowest BCUT2D eigenvalue weighted by Gasteiger charge is -2.24. The molecule has 8 aromatic rings. The first-order chi connectivity index (χ1) is 20.7. The van der Waals surface area contributed by atoms with Crippen molar-refractivity contribution < 1.29 is 4.42 Å². The van der Waals surface area contributed by atoms with Crippen molar-refractivity contribution in [3.63, 3.8) is 0 Å². The van der Waals surface area contributed by atoms with Gasteiger partial charge in [-0.1, -0.05) is 84.9 Å². The van der Waals surface area contributed by atoms with Crippen LogP contribution in [0.2, 0.25) is 0 Å². The maximum atomic E-state index is 9.69. The van der Waals surface area contributed by atoms with Crippen LogP contribution in [0.3, 0.4) is 0 Å². The van der Waals surface area contributed by atoms with Gasteiger partial charge in [-0.15, -0.1) is 0 Å². The second kappa shape index (κ2) is 9.40. The Morgan fingerprint density at radius 2 is 1.31 bits per heavy atom. The first-order valence-corrected chi connectivity index (χ1v) is 14.0. The van der Waals surface area contributed by atoms with Gasteiger partial charge in [-0.05, 0) is 54.1 Å². The van der Waals surface area contributed by atoms with Crippen LogP contribution < -0.4 is 4.90 Å². The molecule has 0 fully saturated rings. The molecule has 0 spiro atoms. The van der Waals surface area contributed by atoms with Crippen molar-refractivity contribution in [1.82, 2.24) is 4.57 Å². The Hall–Kier alpha value is -5.79. The number of hydrogen-bond acceptors (Lipinski definition) is 3. The molecule has 0 unspecified atom stereocenters. The molecule has 0 aliphatic rings. The van der Waals surface area contributed by atoms with E-state index in [-0.39, 0.29) is 0 Å². The van der Waals surface area contributed by atoms with E-state index in [4.69, 9.17) is 4.42 Å². The highest BCUT2D eigenvalue weighted by molar-refractivity contribution is 6.13. The maximum absolute atomic E-state index is 9.69. The van der Waals surface area contributed by atoms with E-state index in [0.29, 0.717) is 5.56 Å². The Balaban J connectivity index is 1.46. The Morgan fingerprint density at radius 3 is 2.05 bits per heavy atom. The van der Waals surface area contributed by atoms with Gasteiger partial charge in [-0.25, -0.2) is 0 Å². The van der Waals surface area contributed by atoms with Gasteiger partial charge in [-0.3, -0.25) is 0 Å². The van der Waals surface area contributed by atoms with Gasteiger partial charge in [-0.2, -0.15) is 5.26 Å². The van der Waals surface area contributed by atoms with E-state index in [0.717, 1.165) is 61.2 Å². The molecule has 2 aromatic heterocycles. The third kappa shape index (κ3) is 3.61. The topological polar surface area (TPSA) is 45.1 Å². The van der Waals surface area contributed by atoms with Crippen molar-refractivity contribution in [2.24, 2.45) is 0 Å². The summed E-state index contributed by atoms with van der Waals surface area (Å²) in [7, 11) is 2.11. The molecule has 0 amide bonds. The minimum Gasteiger partial charge on any atom is -0.454 e. The molecule has 0 bridgehead atoms.